The average molecular weight is 222 g/mol. The fourth-order valence-electron chi connectivity index (χ4n) is 2.14. The zero-order chi connectivity index (χ0) is 10.5. The molecule has 1 N–H and O–H groups in total. The zero-order valence-electron chi connectivity index (χ0n) is 9.20. The second-order valence-electron chi connectivity index (χ2n) is 3.94. The minimum atomic E-state index is 0.488. The summed E-state index contributed by atoms with van der Waals surface area (Å²) in [6, 6.07) is 4.75. The maximum absolute atomic E-state index is 4.51. The highest BCUT2D eigenvalue weighted by molar-refractivity contribution is 7.98. The van der Waals surface area contributed by atoms with Crippen LogP contribution >= 0.6 is 11.8 Å². The SMILES string of the molecule is CSCCNC1CCCc2cccnc21. The molecule has 3 heteroatoms. The molecule has 0 amide bonds. The zero-order valence-corrected chi connectivity index (χ0v) is 10.0. The van der Waals surface area contributed by atoms with Gasteiger partial charge in [-0.25, -0.2) is 0 Å². The van der Waals surface area contributed by atoms with Gasteiger partial charge in [0, 0.05) is 24.5 Å². The van der Waals surface area contributed by atoms with E-state index in [1.165, 1.54) is 36.3 Å². The second kappa shape index (κ2) is 5.52. The molecular weight excluding hydrogens is 204 g/mol. The van der Waals surface area contributed by atoms with Crippen molar-refractivity contribution in [2.45, 2.75) is 25.3 Å². The van der Waals surface area contributed by atoms with Crippen molar-refractivity contribution in [2.24, 2.45) is 0 Å². The Morgan fingerprint density at radius 1 is 1.60 bits per heavy atom. The Hall–Kier alpha value is -0.540. The fourth-order valence-corrected chi connectivity index (χ4v) is 2.47. The molecule has 0 saturated carbocycles. The van der Waals surface area contributed by atoms with Gasteiger partial charge in [0.1, 0.15) is 0 Å². The van der Waals surface area contributed by atoms with Crippen molar-refractivity contribution in [3.8, 4) is 0 Å². The number of hydrogen-bond acceptors (Lipinski definition) is 3. The Morgan fingerprint density at radius 2 is 2.53 bits per heavy atom. The number of hydrogen-bond donors (Lipinski definition) is 1. The molecule has 1 heterocycles. The van der Waals surface area contributed by atoms with Crippen molar-refractivity contribution < 1.29 is 0 Å². The molecule has 1 unspecified atom stereocenters. The molecule has 0 spiro atoms. The van der Waals surface area contributed by atoms with Crippen LogP contribution < -0.4 is 5.32 Å². The van der Waals surface area contributed by atoms with Gasteiger partial charge < -0.3 is 5.32 Å². The van der Waals surface area contributed by atoms with E-state index in [0.29, 0.717) is 6.04 Å². The number of fused-ring (bicyclic) bond motifs is 1. The van der Waals surface area contributed by atoms with Crippen LogP contribution in [0.15, 0.2) is 18.3 Å². The summed E-state index contributed by atoms with van der Waals surface area (Å²) in [5, 5.41) is 3.60. The van der Waals surface area contributed by atoms with Crippen LogP contribution in [0.2, 0.25) is 0 Å². The highest BCUT2D eigenvalue weighted by atomic mass is 32.2. The summed E-state index contributed by atoms with van der Waals surface area (Å²) < 4.78 is 0. The number of nitrogens with one attached hydrogen (secondary N) is 1. The van der Waals surface area contributed by atoms with Gasteiger partial charge in [0.25, 0.3) is 0 Å². The van der Waals surface area contributed by atoms with E-state index in [9.17, 15) is 0 Å². The lowest BCUT2D eigenvalue weighted by molar-refractivity contribution is 0.461. The van der Waals surface area contributed by atoms with Crippen LogP contribution in [0.4, 0.5) is 0 Å². The van der Waals surface area contributed by atoms with Crippen molar-refractivity contribution in [3.05, 3.63) is 29.6 Å². The Bertz CT molecular complexity index is 314. The molecule has 15 heavy (non-hydrogen) atoms. The third-order valence-corrected chi connectivity index (χ3v) is 3.50. The Labute approximate surface area is 95.9 Å². The molecule has 1 aromatic heterocycles. The van der Waals surface area contributed by atoms with Crippen LogP contribution in [0.5, 0.6) is 0 Å². The summed E-state index contributed by atoms with van der Waals surface area (Å²) in [7, 11) is 0. The molecule has 1 atom stereocenters. The summed E-state index contributed by atoms with van der Waals surface area (Å²) in [4.78, 5) is 4.51. The lowest BCUT2D eigenvalue weighted by Crippen LogP contribution is -2.27. The molecule has 2 nitrogen and oxygen atoms in total. The van der Waals surface area contributed by atoms with E-state index in [-0.39, 0.29) is 0 Å². The van der Waals surface area contributed by atoms with Gasteiger partial charge in [-0.2, -0.15) is 11.8 Å². The van der Waals surface area contributed by atoms with Gasteiger partial charge in [-0.1, -0.05) is 6.07 Å². The van der Waals surface area contributed by atoms with Crippen LogP contribution in [0.1, 0.15) is 30.1 Å². The quantitative estimate of drug-likeness (QED) is 0.792. The van der Waals surface area contributed by atoms with E-state index in [2.05, 4.69) is 22.6 Å². The van der Waals surface area contributed by atoms with Crippen LogP contribution in [-0.4, -0.2) is 23.5 Å². The fraction of sp³-hybridized carbons (Fsp3) is 0.583. The number of pyridine rings is 1. The number of rotatable bonds is 4. The Kier molecular flexibility index (Phi) is 4.03. The standard InChI is InChI=1S/C12H18N2S/c1-15-9-8-13-11-6-2-4-10-5-3-7-14-12(10)11/h3,5,7,11,13H,2,4,6,8-9H2,1H3. The van der Waals surface area contributed by atoms with Crippen LogP contribution in [0.3, 0.4) is 0 Å². The molecule has 2 rings (SSSR count). The molecular formula is C12H18N2S. The van der Waals surface area contributed by atoms with Gasteiger partial charge in [0.2, 0.25) is 0 Å². The van der Waals surface area contributed by atoms with E-state index >= 15 is 0 Å². The van der Waals surface area contributed by atoms with E-state index in [4.69, 9.17) is 0 Å². The molecule has 0 saturated heterocycles. The number of nitrogens with zero attached hydrogens (tertiary/aromatic N) is 1. The van der Waals surface area contributed by atoms with Crippen LogP contribution in [-0.2, 0) is 6.42 Å². The van der Waals surface area contributed by atoms with Crippen molar-refractivity contribution in [1.82, 2.24) is 10.3 Å². The lowest BCUT2D eigenvalue weighted by Gasteiger charge is -2.25. The predicted octanol–water partition coefficient (Wildman–Crippen LogP) is 2.41. The number of aryl methyl sites for hydroxylation is 1. The van der Waals surface area contributed by atoms with E-state index < -0.39 is 0 Å². The third kappa shape index (κ3) is 2.73. The first kappa shape index (κ1) is 11.0. The Morgan fingerprint density at radius 3 is 3.40 bits per heavy atom. The summed E-state index contributed by atoms with van der Waals surface area (Å²) in [6.45, 7) is 1.09. The van der Waals surface area contributed by atoms with Crippen LogP contribution in [0.25, 0.3) is 0 Å². The largest absolute Gasteiger partial charge is 0.308 e. The molecule has 0 fully saturated rings. The first-order valence-corrected chi connectivity index (χ1v) is 6.97. The van der Waals surface area contributed by atoms with Gasteiger partial charge in [-0.15, -0.1) is 0 Å². The summed E-state index contributed by atoms with van der Waals surface area (Å²) in [5.41, 5.74) is 2.72. The smallest absolute Gasteiger partial charge is 0.0605 e. The first-order valence-electron chi connectivity index (χ1n) is 5.58. The van der Waals surface area contributed by atoms with Gasteiger partial charge in [-0.3, -0.25) is 4.98 Å². The molecule has 0 aromatic carbocycles. The third-order valence-electron chi connectivity index (χ3n) is 2.89. The first-order chi connectivity index (χ1) is 7.42. The highest BCUT2D eigenvalue weighted by Gasteiger charge is 2.19. The van der Waals surface area contributed by atoms with E-state index in [1.807, 2.05) is 24.0 Å². The minimum Gasteiger partial charge on any atom is -0.308 e. The van der Waals surface area contributed by atoms with Gasteiger partial charge in [0.05, 0.1) is 5.69 Å². The Balaban J connectivity index is 2.02. The maximum Gasteiger partial charge on any atom is 0.0605 e. The minimum absolute atomic E-state index is 0.488. The topological polar surface area (TPSA) is 24.9 Å². The summed E-state index contributed by atoms with van der Waals surface area (Å²) >= 11 is 1.89. The van der Waals surface area contributed by atoms with Crippen molar-refractivity contribution in [1.29, 1.82) is 0 Å². The molecule has 0 radical (unpaired) electrons. The maximum atomic E-state index is 4.51. The molecule has 1 aromatic rings. The van der Waals surface area contributed by atoms with Gasteiger partial charge >= 0.3 is 0 Å². The van der Waals surface area contributed by atoms with Crippen LogP contribution in [0, 0.1) is 0 Å². The average Bonchev–Trinajstić information content (AvgIpc) is 2.30. The second-order valence-corrected chi connectivity index (χ2v) is 4.93. The molecule has 82 valence electrons. The number of aromatic nitrogens is 1. The summed E-state index contributed by atoms with van der Waals surface area (Å²) in [5.74, 6) is 1.18. The molecule has 1 aliphatic rings. The highest BCUT2D eigenvalue weighted by Crippen LogP contribution is 2.27. The van der Waals surface area contributed by atoms with Crippen molar-refractivity contribution in [2.75, 3.05) is 18.6 Å². The molecule has 0 bridgehead atoms. The molecule has 0 aliphatic heterocycles. The number of thioether (sulfide) groups is 1. The van der Waals surface area contributed by atoms with E-state index in [1.54, 1.807) is 0 Å². The van der Waals surface area contributed by atoms with Crippen molar-refractivity contribution in [3.63, 3.8) is 0 Å². The van der Waals surface area contributed by atoms with Gasteiger partial charge in [0.15, 0.2) is 0 Å². The monoisotopic (exact) mass is 222 g/mol. The van der Waals surface area contributed by atoms with E-state index in [0.717, 1.165) is 6.54 Å². The lowest BCUT2D eigenvalue weighted by atomic mass is 9.92. The predicted molar refractivity (Wildman–Crippen MR) is 66.3 cm³/mol. The summed E-state index contributed by atoms with van der Waals surface area (Å²) in [6.07, 6.45) is 7.78. The molecule has 1 aliphatic carbocycles. The van der Waals surface area contributed by atoms with Gasteiger partial charge in [-0.05, 0) is 37.1 Å². The normalized spacial score (nSPS) is 19.9. The van der Waals surface area contributed by atoms with Crippen molar-refractivity contribution >= 4 is 11.8 Å².